The number of furan rings is 1. The summed E-state index contributed by atoms with van der Waals surface area (Å²) >= 11 is 0. The molecule has 0 aliphatic rings. The van der Waals surface area contributed by atoms with Crippen LogP contribution in [0.25, 0.3) is 0 Å². The van der Waals surface area contributed by atoms with E-state index in [2.05, 4.69) is 5.32 Å². The Kier molecular flexibility index (Phi) is 7.81. The Bertz CT molecular complexity index is 523. The van der Waals surface area contributed by atoms with Crippen molar-refractivity contribution in [2.45, 2.75) is 46.6 Å². The van der Waals surface area contributed by atoms with E-state index >= 15 is 0 Å². The lowest BCUT2D eigenvalue weighted by Crippen LogP contribution is -2.40. The summed E-state index contributed by atoms with van der Waals surface area (Å²) in [6.45, 7) is 9.07. The lowest BCUT2D eigenvalue weighted by atomic mass is 10.1. The van der Waals surface area contributed by atoms with Crippen molar-refractivity contribution >= 4 is 11.8 Å². The third-order valence-corrected chi connectivity index (χ3v) is 3.58. The van der Waals surface area contributed by atoms with E-state index in [0.29, 0.717) is 36.8 Å². The number of hydrogen-bond donors (Lipinski definition) is 1. The standard InChI is InChI=1S/C17H28N2O4/c1-12(2)19(9-7-16(20)18-8-6-10-22-5)17(21)15-11-13(3)23-14(15)4/h11-12H,6-10H2,1-5H3,(H,18,20). The van der Waals surface area contributed by atoms with Crippen molar-refractivity contribution in [3.8, 4) is 0 Å². The van der Waals surface area contributed by atoms with Gasteiger partial charge in [-0.25, -0.2) is 0 Å². The van der Waals surface area contributed by atoms with Crippen molar-refractivity contribution in [1.29, 1.82) is 0 Å². The van der Waals surface area contributed by atoms with Crippen molar-refractivity contribution in [3.63, 3.8) is 0 Å². The second-order valence-electron chi connectivity index (χ2n) is 5.87. The first-order chi connectivity index (χ1) is 10.9. The summed E-state index contributed by atoms with van der Waals surface area (Å²) in [5, 5.41) is 2.83. The van der Waals surface area contributed by atoms with Crippen LogP contribution in [0.4, 0.5) is 0 Å². The van der Waals surface area contributed by atoms with Crippen molar-refractivity contribution in [1.82, 2.24) is 10.2 Å². The lowest BCUT2D eigenvalue weighted by Gasteiger charge is -2.26. The summed E-state index contributed by atoms with van der Waals surface area (Å²) in [4.78, 5) is 26.2. The van der Waals surface area contributed by atoms with Gasteiger partial charge in [0.1, 0.15) is 11.5 Å². The van der Waals surface area contributed by atoms with Gasteiger partial charge in [-0.3, -0.25) is 9.59 Å². The number of hydrogen-bond acceptors (Lipinski definition) is 4. The molecule has 1 rings (SSSR count). The Hall–Kier alpha value is -1.82. The number of amides is 2. The molecule has 0 spiro atoms. The zero-order valence-corrected chi connectivity index (χ0v) is 14.8. The zero-order chi connectivity index (χ0) is 17.4. The molecular weight excluding hydrogens is 296 g/mol. The van der Waals surface area contributed by atoms with E-state index in [1.165, 1.54) is 0 Å². The maximum atomic E-state index is 12.6. The van der Waals surface area contributed by atoms with Crippen LogP contribution < -0.4 is 5.32 Å². The number of carbonyl (C=O) groups excluding carboxylic acids is 2. The first kappa shape index (κ1) is 19.2. The van der Waals surface area contributed by atoms with Gasteiger partial charge < -0.3 is 19.4 Å². The van der Waals surface area contributed by atoms with Gasteiger partial charge in [-0.1, -0.05) is 0 Å². The molecule has 0 bridgehead atoms. The van der Waals surface area contributed by atoms with Gasteiger partial charge in [0.05, 0.1) is 5.56 Å². The average molecular weight is 324 g/mol. The minimum absolute atomic E-state index is 0.0124. The van der Waals surface area contributed by atoms with Gasteiger partial charge in [-0.2, -0.15) is 0 Å². The molecule has 0 radical (unpaired) electrons. The Morgan fingerprint density at radius 1 is 1.35 bits per heavy atom. The second kappa shape index (κ2) is 9.35. The largest absolute Gasteiger partial charge is 0.466 e. The van der Waals surface area contributed by atoms with Crippen LogP contribution in [-0.2, 0) is 9.53 Å². The fourth-order valence-electron chi connectivity index (χ4n) is 2.35. The van der Waals surface area contributed by atoms with Crippen LogP contribution in [0.15, 0.2) is 10.5 Å². The highest BCUT2D eigenvalue weighted by molar-refractivity contribution is 5.95. The van der Waals surface area contributed by atoms with Crippen molar-refractivity contribution in [3.05, 3.63) is 23.2 Å². The van der Waals surface area contributed by atoms with Crippen LogP contribution >= 0.6 is 0 Å². The first-order valence-electron chi connectivity index (χ1n) is 8.00. The molecule has 2 amide bonds. The third kappa shape index (κ3) is 6.06. The minimum Gasteiger partial charge on any atom is -0.466 e. The van der Waals surface area contributed by atoms with E-state index in [1.54, 1.807) is 25.0 Å². The van der Waals surface area contributed by atoms with Crippen LogP contribution in [0, 0.1) is 13.8 Å². The van der Waals surface area contributed by atoms with Crippen molar-refractivity contribution < 1.29 is 18.7 Å². The summed E-state index contributed by atoms with van der Waals surface area (Å²) in [6, 6.07) is 1.76. The molecule has 23 heavy (non-hydrogen) atoms. The predicted octanol–water partition coefficient (Wildman–Crippen LogP) is 2.29. The van der Waals surface area contributed by atoms with Crippen molar-refractivity contribution in [2.24, 2.45) is 0 Å². The number of carbonyl (C=O) groups is 2. The fourth-order valence-corrected chi connectivity index (χ4v) is 2.35. The minimum atomic E-state index is -0.0958. The van der Waals surface area contributed by atoms with Gasteiger partial charge in [0.25, 0.3) is 5.91 Å². The number of ether oxygens (including phenoxy) is 1. The quantitative estimate of drug-likeness (QED) is 0.708. The van der Waals surface area contributed by atoms with Crippen molar-refractivity contribution in [2.75, 3.05) is 26.8 Å². The normalized spacial score (nSPS) is 10.9. The molecule has 130 valence electrons. The fraction of sp³-hybridized carbons (Fsp3) is 0.647. The maximum Gasteiger partial charge on any atom is 0.257 e. The van der Waals surface area contributed by atoms with Gasteiger partial charge in [-0.15, -0.1) is 0 Å². The van der Waals surface area contributed by atoms with E-state index < -0.39 is 0 Å². The molecule has 0 unspecified atom stereocenters. The summed E-state index contributed by atoms with van der Waals surface area (Å²) in [7, 11) is 1.63. The maximum absolute atomic E-state index is 12.6. The van der Waals surface area contributed by atoms with Crippen LogP contribution in [0.2, 0.25) is 0 Å². The monoisotopic (exact) mass is 324 g/mol. The topological polar surface area (TPSA) is 71.8 Å². The molecule has 0 saturated heterocycles. The second-order valence-corrected chi connectivity index (χ2v) is 5.87. The lowest BCUT2D eigenvalue weighted by molar-refractivity contribution is -0.121. The molecule has 6 nitrogen and oxygen atoms in total. The molecule has 0 aliphatic carbocycles. The summed E-state index contributed by atoms with van der Waals surface area (Å²) < 4.78 is 10.4. The molecular formula is C17H28N2O4. The smallest absolute Gasteiger partial charge is 0.257 e. The molecule has 0 aliphatic heterocycles. The number of rotatable bonds is 9. The van der Waals surface area contributed by atoms with E-state index in [4.69, 9.17) is 9.15 Å². The van der Waals surface area contributed by atoms with E-state index in [-0.39, 0.29) is 24.3 Å². The SMILES string of the molecule is COCCCNC(=O)CCN(C(=O)c1cc(C)oc1C)C(C)C. The van der Waals surface area contributed by atoms with Crippen LogP contribution in [0.1, 0.15) is 48.6 Å². The van der Waals surface area contributed by atoms with Crippen LogP contribution in [0.3, 0.4) is 0 Å². The Labute approximate surface area is 138 Å². The summed E-state index contributed by atoms with van der Waals surface area (Å²) in [6.07, 6.45) is 1.06. The van der Waals surface area contributed by atoms with E-state index in [0.717, 1.165) is 6.42 Å². The molecule has 0 aromatic carbocycles. The molecule has 1 aromatic heterocycles. The molecule has 1 heterocycles. The molecule has 1 N–H and O–H groups in total. The van der Waals surface area contributed by atoms with E-state index in [9.17, 15) is 9.59 Å². The van der Waals surface area contributed by atoms with E-state index in [1.807, 2.05) is 20.8 Å². The highest BCUT2D eigenvalue weighted by atomic mass is 16.5. The van der Waals surface area contributed by atoms with Gasteiger partial charge in [0.15, 0.2) is 0 Å². The Morgan fingerprint density at radius 3 is 2.57 bits per heavy atom. The van der Waals surface area contributed by atoms with Gasteiger partial charge in [0.2, 0.25) is 5.91 Å². The Balaban J connectivity index is 2.57. The number of aryl methyl sites for hydroxylation is 2. The van der Waals surface area contributed by atoms with Crippen LogP contribution in [-0.4, -0.2) is 49.6 Å². The average Bonchev–Trinajstić information content (AvgIpc) is 2.82. The molecule has 6 heteroatoms. The molecule has 0 atom stereocenters. The summed E-state index contributed by atoms with van der Waals surface area (Å²) in [5.41, 5.74) is 0.566. The zero-order valence-electron chi connectivity index (χ0n) is 14.8. The number of methoxy groups -OCH3 is 1. The predicted molar refractivity (Wildman–Crippen MR) is 88.5 cm³/mol. The highest BCUT2D eigenvalue weighted by Gasteiger charge is 2.23. The first-order valence-corrected chi connectivity index (χ1v) is 8.00. The van der Waals surface area contributed by atoms with Gasteiger partial charge in [0, 0.05) is 39.3 Å². The van der Waals surface area contributed by atoms with Gasteiger partial charge in [-0.05, 0) is 40.2 Å². The molecule has 1 aromatic rings. The molecule has 0 saturated carbocycles. The third-order valence-electron chi connectivity index (χ3n) is 3.58. The summed E-state index contributed by atoms with van der Waals surface area (Å²) in [5.74, 6) is 1.17. The molecule has 0 fully saturated rings. The number of nitrogens with zero attached hydrogens (tertiary/aromatic N) is 1. The Morgan fingerprint density at radius 2 is 2.04 bits per heavy atom. The van der Waals surface area contributed by atoms with Crippen LogP contribution in [0.5, 0.6) is 0 Å². The highest BCUT2D eigenvalue weighted by Crippen LogP contribution is 2.17. The van der Waals surface area contributed by atoms with Gasteiger partial charge >= 0.3 is 0 Å². The number of nitrogens with one attached hydrogen (secondary N) is 1.